The summed E-state index contributed by atoms with van der Waals surface area (Å²) in [6.07, 6.45) is 10.6. The quantitative estimate of drug-likeness (QED) is 0.358. The van der Waals surface area contributed by atoms with Crippen molar-refractivity contribution in [3.63, 3.8) is 0 Å². The maximum absolute atomic E-state index is 10.8. The molecule has 1 atom stereocenters. The zero-order valence-corrected chi connectivity index (χ0v) is 14.6. The Kier molecular flexibility index (Phi) is 14.1. The van der Waals surface area contributed by atoms with Gasteiger partial charge in [-0.05, 0) is 13.3 Å². The molecule has 0 amide bonds. The topological polar surface area (TPSA) is 37.3 Å². The van der Waals surface area contributed by atoms with E-state index >= 15 is 0 Å². The summed E-state index contributed by atoms with van der Waals surface area (Å²) in [4.78, 5) is 10.8. The monoisotopic (exact) mass is 270 g/mol. The van der Waals surface area contributed by atoms with Gasteiger partial charge in [0.25, 0.3) is 0 Å². The number of aliphatic carboxylic acids is 1. The molecule has 0 heterocycles. The molecule has 0 bridgehead atoms. The molecule has 0 aliphatic carbocycles. The molecule has 0 saturated carbocycles. The predicted molar refractivity (Wildman–Crippen MR) is 73.4 cm³/mol. The fraction of sp³-hybridized carbons (Fsp3) is 0.923. The second-order valence-electron chi connectivity index (χ2n) is 4.80. The fourth-order valence-electron chi connectivity index (χ4n) is 1.71. The van der Waals surface area contributed by atoms with Crippen LogP contribution < -0.4 is 29.6 Å². The van der Waals surface area contributed by atoms with Gasteiger partial charge in [0.2, 0.25) is 0 Å². The van der Waals surface area contributed by atoms with Gasteiger partial charge in [0, 0.05) is 0 Å². The van der Waals surface area contributed by atoms with Crippen molar-refractivity contribution < 1.29 is 40.9 Å². The standard InChI is InChI=1S/C13H26O2S.Na.H/c1-3-4-5-6-7-8-9-10-11-13(2,16)12(14)15;;/h16H,3-11H2,1-2H3,(H,14,15);;/q;+1;-1. The largest absolute Gasteiger partial charge is 1.00 e. The van der Waals surface area contributed by atoms with E-state index < -0.39 is 10.7 Å². The van der Waals surface area contributed by atoms with Gasteiger partial charge in [-0.1, -0.05) is 58.3 Å². The molecule has 2 nitrogen and oxygen atoms in total. The summed E-state index contributed by atoms with van der Waals surface area (Å²) in [6, 6.07) is 0. The van der Waals surface area contributed by atoms with Crippen molar-refractivity contribution in [3.05, 3.63) is 0 Å². The average molecular weight is 270 g/mol. The van der Waals surface area contributed by atoms with Crippen molar-refractivity contribution >= 4 is 18.6 Å². The molecular formula is C13H27NaO2S. The summed E-state index contributed by atoms with van der Waals surface area (Å²) in [6.45, 7) is 3.90. The maximum atomic E-state index is 10.8. The zero-order chi connectivity index (χ0) is 12.4. The Labute approximate surface area is 135 Å². The number of unbranched alkanes of at least 4 members (excludes halogenated alkanes) is 7. The van der Waals surface area contributed by atoms with Gasteiger partial charge in [-0.3, -0.25) is 4.79 Å². The fourth-order valence-corrected chi connectivity index (χ4v) is 1.87. The van der Waals surface area contributed by atoms with E-state index in [4.69, 9.17) is 5.11 Å². The first kappa shape index (κ1) is 20.1. The molecule has 1 unspecified atom stereocenters. The number of carbonyl (C=O) groups is 1. The van der Waals surface area contributed by atoms with E-state index in [1.807, 2.05) is 0 Å². The second kappa shape index (κ2) is 11.9. The van der Waals surface area contributed by atoms with Crippen molar-refractivity contribution in [2.24, 2.45) is 0 Å². The van der Waals surface area contributed by atoms with Crippen LogP contribution in [0.2, 0.25) is 0 Å². The van der Waals surface area contributed by atoms with Crippen molar-refractivity contribution in [1.82, 2.24) is 0 Å². The predicted octanol–water partition coefficient (Wildman–Crippen LogP) is 1.41. The maximum Gasteiger partial charge on any atom is 1.00 e. The van der Waals surface area contributed by atoms with E-state index in [2.05, 4.69) is 19.6 Å². The summed E-state index contributed by atoms with van der Waals surface area (Å²) in [7, 11) is 0. The molecule has 4 heteroatoms. The molecular weight excluding hydrogens is 243 g/mol. The first-order chi connectivity index (χ1) is 7.50. The third-order valence-corrected chi connectivity index (χ3v) is 3.39. The molecule has 0 rings (SSSR count). The van der Waals surface area contributed by atoms with E-state index in [0.29, 0.717) is 6.42 Å². The summed E-state index contributed by atoms with van der Waals surface area (Å²) >= 11 is 4.15. The van der Waals surface area contributed by atoms with Crippen molar-refractivity contribution in [1.29, 1.82) is 0 Å². The molecule has 0 aromatic rings. The van der Waals surface area contributed by atoms with Gasteiger partial charge in [0.05, 0.1) is 0 Å². The smallest absolute Gasteiger partial charge is 1.00 e. The summed E-state index contributed by atoms with van der Waals surface area (Å²) in [5, 5.41) is 8.86. The van der Waals surface area contributed by atoms with Gasteiger partial charge in [-0.2, -0.15) is 12.6 Å². The van der Waals surface area contributed by atoms with E-state index in [-0.39, 0.29) is 31.0 Å². The minimum atomic E-state index is -0.845. The Hall–Kier alpha value is 0.820. The van der Waals surface area contributed by atoms with Crippen molar-refractivity contribution in [2.75, 3.05) is 0 Å². The van der Waals surface area contributed by atoms with Crippen molar-refractivity contribution in [2.45, 2.75) is 76.4 Å². The van der Waals surface area contributed by atoms with Crippen LogP contribution in [0.3, 0.4) is 0 Å². The van der Waals surface area contributed by atoms with Crippen LogP contribution in [0, 0.1) is 0 Å². The Bertz CT molecular complexity index is 201. The van der Waals surface area contributed by atoms with Crippen LogP contribution in [0.4, 0.5) is 0 Å². The first-order valence-electron chi connectivity index (χ1n) is 6.46. The third kappa shape index (κ3) is 11.6. The Morgan fingerprint density at radius 2 is 1.53 bits per heavy atom. The van der Waals surface area contributed by atoms with Gasteiger partial charge in [-0.25, -0.2) is 0 Å². The Morgan fingerprint density at radius 1 is 1.12 bits per heavy atom. The van der Waals surface area contributed by atoms with Gasteiger partial charge in [0.15, 0.2) is 0 Å². The molecule has 1 N–H and O–H groups in total. The van der Waals surface area contributed by atoms with Gasteiger partial charge in [0.1, 0.15) is 4.75 Å². The third-order valence-electron chi connectivity index (χ3n) is 2.98. The second-order valence-corrected chi connectivity index (χ2v) is 5.79. The first-order valence-corrected chi connectivity index (χ1v) is 6.91. The molecule has 0 radical (unpaired) electrons. The van der Waals surface area contributed by atoms with Gasteiger partial charge >= 0.3 is 35.5 Å². The molecule has 0 fully saturated rings. The van der Waals surface area contributed by atoms with Crippen LogP contribution in [0.15, 0.2) is 0 Å². The molecule has 0 aromatic carbocycles. The number of rotatable bonds is 10. The average Bonchev–Trinajstić information content (AvgIpc) is 2.21. The van der Waals surface area contributed by atoms with E-state index in [1.165, 1.54) is 38.5 Å². The SMILES string of the molecule is CCCCCCCCCCC(C)(S)C(=O)O.[H-].[Na+]. The summed E-state index contributed by atoms with van der Waals surface area (Å²) in [5.41, 5.74) is 0. The van der Waals surface area contributed by atoms with Crippen LogP contribution >= 0.6 is 12.6 Å². The minimum absolute atomic E-state index is 0. The number of carboxylic acid groups (broad SMARTS) is 1. The molecule has 0 aliphatic rings. The van der Waals surface area contributed by atoms with E-state index in [0.717, 1.165) is 12.8 Å². The number of thiol groups is 1. The Balaban J connectivity index is -0.00000112. The van der Waals surface area contributed by atoms with Crippen LogP contribution in [0.5, 0.6) is 0 Å². The van der Waals surface area contributed by atoms with Crippen LogP contribution in [-0.4, -0.2) is 15.8 Å². The molecule has 0 saturated heterocycles. The molecule has 0 spiro atoms. The summed E-state index contributed by atoms with van der Waals surface area (Å²) < 4.78 is -0.845. The van der Waals surface area contributed by atoms with E-state index in [1.54, 1.807) is 6.92 Å². The van der Waals surface area contributed by atoms with Crippen molar-refractivity contribution in [3.8, 4) is 0 Å². The van der Waals surface area contributed by atoms with Crippen LogP contribution in [-0.2, 0) is 4.79 Å². The zero-order valence-electron chi connectivity index (χ0n) is 12.7. The van der Waals surface area contributed by atoms with Crippen LogP contribution in [0.25, 0.3) is 0 Å². The molecule has 17 heavy (non-hydrogen) atoms. The van der Waals surface area contributed by atoms with Gasteiger partial charge < -0.3 is 6.53 Å². The summed E-state index contributed by atoms with van der Waals surface area (Å²) in [5.74, 6) is -0.807. The minimum Gasteiger partial charge on any atom is -1.00 e. The van der Waals surface area contributed by atoms with Crippen LogP contribution in [0.1, 0.15) is 73.1 Å². The molecule has 98 valence electrons. The van der Waals surface area contributed by atoms with Gasteiger partial charge in [-0.15, -0.1) is 0 Å². The molecule has 0 aromatic heterocycles. The number of hydrogen-bond acceptors (Lipinski definition) is 2. The normalized spacial score (nSPS) is 13.8. The number of hydrogen-bond donors (Lipinski definition) is 2. The Morgan fingerprint density at radius 3 is 1.94 bits per heavy atom. The molecule has 0 aliphatic heterocycles. The number of carboxylic acids is 1. The van der Waals surface area contributed by atoms with E-state index in [9.17, 15) is 4.79 Å².